The molecular formula is C16H23NO2. The molecule has 2 atom stereocenters. The quantitative estimate of drug-likeness (QED) is 0.886. The SMILES string of the molecule is COc1ccccc1CC(=O)C1CCCCC1CN. The number of para-hydroxylation sites is 1. The van der Waals surface area contributed by atoms with Gasteiger partial charge in [-0.05, 0) is 31.4 Å². The average Bonchev–Trinajstić information content (AvgIpc) is 2.47. The first-order chi connectivity index (χ1) is 9.26. The zero-order chi connectivity index (χ0) is 13.7. The smallest absolute Gasteiger partial charge is 0.140 e. The highest BCUT2D eigenvalue weighted by Gasteiger charge is 2.29. The fraction of sp³-hybridized carbons (Fsp3) is 0.562. The Balaban J connectivity index is 2.07. The van der Waals surface area contributed by atoms with Gasteiger partial charge in [0.2, 0.25) is 0 Å². The second kappa shape index (κ2) is 6.71. The maximum absolute atomic E-state index is 12.5. The zero-order valence-electron chi connectivity index (χ0n) is 11.6. The van der Waals surface area contributed by atoms with Crippen LogP contribution in [0.2, 0.25) is 0 Å². The molecule has 2 unspecified atom stereocenters. The maximum atomic E-state index is 12.5. The predicted molar refractivity (Wildman–Crippen MR) is 76.2 cm³/mol. The molecule has 1 aliphatic carbocycles. The lowest BCUT2D eigenvalue weighted by Gasteiger charge is -2.29. The highest BCUT2D eigenvalue weighted by atomic mass is 16.5. The third-order valence-corrected chi connectivity index (χ3v) is 4.18. The van der Waals surface area contributed by atoms with Crippen molar-refractivity contribution in [2.75, 3.05) is 13.7 Å². The molecule has 3 heteroatoms. The van der Waals surface area contributed by atoms with Gasteiger partial charge in [-0.3, -0.25) is 4.79 Å². The van der Waals surface area contributed by atoms with Gasteiger partial charge in [0.15, 0.2) is 0 Å². The molecule has 0 radical (unpaired) electrons. The summed E-state index contributed by atoms with van der Waals surface area (Å²) in [5, 5.41) is 0. The Labute approximate surface area is 115 Å². The van der Waals surface area contributed by atoms with Crippen molar-refractivity contribution in [3.8, 4) is 5.75 Å². The van der Waals surface area contributed by atoms with Crippen LogP contribution in [0.15, 0.2) is 24.3 Å². The second-order valence-electron chi connectivity index (χ2n) is 5.34. The Morgan fingerprint density at radius 1 is 1.32 bits per heavy atom. The van der Waals surface area contributed by atoms with Crippen LogP contribution >= 0.6 is 0 Å². The molecule has 0 heterocycles. The van der Waals surface area contributed by atoms with Gasteiger partial charge in [-0.15, -0.1) is 0 Å². The van der Waals surface area contributed by atoms with Crippen LogP contribution in [0.3, 0.4) is 0 Å². The second-order valence-corrected chi connectivity index (χ2v) is 5.34. The molecule has 3 nitrogen and oxygen atoms in total. The number of carbonyl (C=O) groups excluding carboxylic acids is 1. The Kier molecular flexibility index (Phi) is 4.97. The largest absolute Gasteiger partial charge is 0.496 e. The minimum atomic E-state index is 0.142. The van der Waals surface area contributed by atoms with E-state index >= 15 is 0 Å². The van der Waals surface area contributed by atoms with E-state index < -0.39 is 0 Å². The van der Waals surface area contributed by atoms with Gasteiger partial charge in [0.05, 0.1) is 7.11 Å². The number of ketones is 1. The molecule has 1 aromatic rings. The maximum Gasteiger partial charge on any atom is 0.140 e. The van der Waals surface area contributed by atoms with Crippen molar-refractivity contribution in [1.82, 2.24) is 0 Å². The van der Waals surface area contributed by atoms with Crippen molar-refractivity contribution in [3.05, 3.63) is 29.8 Å². The van der Waals surface area contributed by atoms with Crippen LogP contribution in [0, 0.1) is 11.8 Å². The molecule has 104 valence electrons. The van der Waals surface area contributed by atoms with Crippen molar-refractivity contribution in [1.29, 1.82) is 0 Å². The first-order valence-electron chi connectivity index (χ1n) is 7.11. The summed E-state index contributed by atoms with van der Waals surface area (Å²) in [5.41, 5.74) is 6.79. The molecule has 0 amide bonds. The number of benzene rings is 1. The van der Waals surface area contributed by atoms with Crippen molar-refractivity contribution < 1.29 is 9.53 Å². The summed E-state index contributed by atoms with van der Waals surface area (Å²) in [6.45, 7) is 0.627. The van der Waals surface area contributed by atoms with Crippen molar-refractivity contribution in [2.45, 2.75) is 32.1 Å². The number of methoxy groups -OCH3 is 1. The first-order valence-corrected chi connectivity index (χ1v) is 7.11. The molecule has 0 aromatic heterocycles. The summed E-state index contributed by atoms with van der Waals surface area (Å²) in [4.78, 5) is 12.5. The molecule has 1 aromatic carbocycles. The highest BCUT2D eigenvalue weighted by Crippen LogP contribution is 2.31. The van der Waals surface area contributed by atoms with E-state index in [9.17, 15) is 4.79 Å². The lowest BCUT2D eigenvalue weighted by Crippen LogP contribution is -2.33. The third-order valence-electron chi connectivity index (χ3n) is 4.18. The van der Waals surface area contributed by atoms with Crippen LogP contribution in [0.5, 0.6) is 5.75 Å². The summed E-state index contributed by atoms with van der Waals surface area (Å²) in [6.07, 6.45) is 4.92. The number of ether oxygens (including phenoxy) is 1. The van der Waals surface area contributed by atoms with Gasteiger partial charge in [-0.25, -0.2) is 0 Å². The highest BCUT2D eigenvalue weighted by molar-refractivity contribution is 5.84. The molecular weight excluding hydrogens is 238 g/mol. The summed E-state index contributed by atoms with van der Waals surface area (Å²) < 4.78 is 5.31. The van der Waals surface area contributed by atoms with Crippen LogP contribution in [0.4, 0.5) is 0 Å². The molecule has 1 fully saturated rings. The molecule has 2 N–H and O–H groups in total. The summed E-state index contributed by atoms with van der Waals surface area (Å²) in [7, 11) is 1.65. The average molecular weight is 261 g/mol. The Morgan fingerprint density at radius 2 is 2.05 bits per heavy atom. The normalized spacial score (nSPS) is 23.1. The van der Waals surface area contributed by atoms with Gasteiger partial charge in [0, 0.05) is 17.9 Å². The minimum Gasteiger partial charge on any atom is -0.496 e. The molecule has 0 saturated heterocycles. The van der Waals surface area contributed by atoms with E-state index in [2.05, 4.69) is 0 Å². The van der Waals surface area contributed by atoms with E-state index in [1.165, 1.54) is 6.42 Å². The summed E-state index contributed by atoms with van der Waals surface area (Å²) in [6, 6.07) is 7.75. The number of Topliss-reactive ketones (excluding diaryl/α,β-unsaturated/α-hetero) is 1. The molecule has 19 heavy (non-hydrogen) atoms. The third kappa shape index (κ3) is 3.35. The fourth-order valence-electron chi connectivity index (χ4n) is 3.08. The standard InChI is InChI=1S/C16H23NO2/c1-19-16-9-5-3-6-12(16)10-15(18)14-8-4-2-7-13(14)11-17/h3,5-6,9,13-14H,2,4,7-8,10-11,17H2,1H3. The molecule has 0 bridgehead atoms. The Hall–Kier alpha value is -1.35. The van der Waals surface area contributed by atoms with E-state index in [0.29, 0.717) is 24.7 Å². The van der Waals surface area contributed by atoms with E-state index in [0.717, 1.165) is 30.6 Å². The van der Waals surface area contributed by atoms with Gasteiger partial charge in [-0.1, -0.05) is 31.0 Å². The van der Waals surface area contributed by atoms with Gasteiger partial charge in [0.1, 0.15) is 11.5 Å². The number of carbonyl (C=O) groups is 1. The predicted octanol–water partition coefficient (Wildman–Crippen LogP) is 2.57. The molecule has 0 spiro atoms. The van der Waals surface area contributed by atoms with Crippen molar-refractivity contribution in [3.63, 3.8) is 0 Å². The summed E-state index contributed by atoms with van der Waals surface area (Å²) in [5.74, 6) is 1.63. The van der Waals surface area contributed by atoms with Gasteiger partial charge in [-0.2, -0.15) is 0 Å². The molecule has 0 aliphatic heterocycles. The van der Waals surface area contributed by atoms with Crippen LogP contribution in [0.25, 0.3) is 0 Å². The Morgan fingerprint density at radius 3 is 2.79 bits per heavy atom. The van der Waals surface area contributed by atoms with E-state index in [1.54, 1.807) is 7.11 Å². The number of nitrogens with two attached hydrogens (primary N) is 1. The van der Waals surface area contributed by atoms with E-state index in [-0.39, 0.29) is 5.92 Å². The van der Waals surface area contributed by atoms with E-state index in [1.807, 2.05) is 24.3 Å². The van der Waals surface area contributed by atoms with Crippen molar-refractivity contribution in [2.24, 2.45) is 17.6 Å². The lowest BCUT2D eigenvalue weighted by atomic mass is 9.76. The number of hydrogen-bond donors (Lipinski definition) is 1. The zero-order valence-corrected chi connectivity index (χ0v) is 11.6. The first kappa shape index (κ1) is 14.1. The van der Waals surface area contributed by atoms with E-state index in [4.69, 9.17) is 10.5 Å². The monoisotopic (exact) mass is 261 g/mol. The molecule has 1 aliphatic rings. The molecule has 2 rings (SSSR count). The van der Waals surface area contributed by atoms with Gasteiger partial charge < -0.3 is 10.5 Å². The van der Waals surface area contributed by atoms with Crippen LogP contribution in [0.1, 0.15) is 31.2 Å². The summed E-state index contributed by atoms with van der Waals surface area (Å²) >= 11 is 0. The number of hydrogen-bond acceptors (Lipinski definition) is 3. The van der Waals surface area contributed by atoms with Gasteiger partial charge in [0.25, 0.3) is 0 Å². The van der Waals surface area contributed by atoms with Gasteiger partial charge >= 0.3 is 0 Å². The topological polar surface area (TPSA) is 52.3 Å². The Bertz CT molecular complexity index is 431. The van der Waals surface area contributed by atoms with Crippen LogP contribution in [-0.4, -0.2) is 19.4 Å². The lowest BCUT2D eigenvalue weighted by molar-refractivity contribution is -0.124. The fourth-order valence-corrected chi connectivity index (χ4v) is 3.08. The number of rotatable bonds is 5. The van der Waals surface area contributed by atoms with Crippen LogP contribution < -0.4 is 10.5 Å². The molecule has 1 saturated carbocycles. The van der Waals surface area contributed by atoms with Crippen LogP contribution in [-0.2, 0) is 11.2 Å². The van der Waals surface area contributed by atoms with Crippen molar-refractivity contribution >= 4 is 5.78 Å². The minimum absolute atomic E-state index is 0.142.